The van der Waals surface area contributed by atoms with E-state index in [0.717, 1.165) is 76.1 Å². The number of nitrogens with zero attached hydrogens (tertiary/aromatic N) is 2. The molecule has 0 amide bonds. The first-order chi connectivity index (χ1) is 26.2. The maximum Gasteiger partial charge on any atom is 0.190 e. The molecule has 0 fully saturated rings. The van der Waals surface area contributed by atoms with Crippen LogP contribution in [0.5, 0.6) is 0 Å². The normalized spacial score (nSPS) is 11.0. The number of H-pyrrole nitrogens is 1. The van der Waals surface area contributed by atoms with Gasteiger partial charge in [0.2, 0.25) is 0 Å². The van der Waals surface area contributed by atoms with E-state index in [-0.39, 0.29) is 5.43 Å². The molecule has 53 heavy (non-hydrogen) atoms. The average molecular weight is 686 g/mol. The van der Waals surface area contributed by atoms with Crippen LogP contribution in [-0.2, 0) is 25.7 Å². The first-order valence-corrected chi connectivity index (χ1v) is 18.2. The number of aryl methyl sites for hydroxylation is 4. The minimum atomic E-state index is -0.00988. The van der Waals surface area contributed by atoms with Gasteiger partial charge in [-0.25, -0.2) is 0 Å². The van der Waals surface area contributed by atoms with Crippen molar-refractivity contribution in [2.45, 2.75) is 25.7 Å². The van der Waals surface area contributed by atoms with E-state index in [0.29, 0.717) is 5.56 Å². The van der Waals surface area contributed by atoms with Crippen molar-refractivity contribution in [1.29, 1.82) is 0 Å². The highest BCUT2D eigenvalue weighted by Crippen LogP contribution is 2.33. The number of aromatic nitrogens is 3. The molecule has 4 heteroatoms. The van der Waals surface area contributed by atoms with E-state index in [9.17, 15) is 4.79 Å². The Morgan fingerprint density at radius 2 is 0.868 bits per heavy atom. The van der Waals surface area contributed by atoms with Crippen molar-refractivity contribution in [2.75, 3.05) is 0 Å². The van der Waals surface area contributed by atoms with Crippen molar-refractivity contribution >= 4 is 0 Å². The minimum absolute atomic E-state index is 0.00988. The number of aromatic amines is 1. The second-order valence-corrected chi connectivity index (χ2v) is 13.4. The van der Waals surface area contributed by atoms with Crippen molar-refractivity contribution in [2.24, 2.45) is 0 Å². The molecule has 1 N–H and O–H groups in total. The zero-order valence-corrected chi connectivity index (χ0v) is 29.5. The summed E-state index contributed by atoms with van der Waals surface area (Å²) in [6, 6.07) is 56.0. The summed E-state index contributed by atoms with van der Waals surface area (Å²) in [5, 5.41) is 0. The number of hydrogen-bond donors (Lipinski definition) is 1. The molecule has 0 atom stereocenters. The third kappa shape index (κ3) is 7.98. The van der Waals surface area contributed by atoms with Gasteiger partial charge in [-0.3, -0.25) is 14.8 Å². The fraction of sp³-hybridized carbons (Fsp3) is 0.0816. The molecule has 0 radical (unpaired) electrons. The van der Waals surface area contributed by atoms with Crippen LogP contribution in [0, 0.1) is 0 Å². The van der Waals surface area contributed by atoms with E-state index in [4.69, 9.17) is 9.97 Å². The number of pyridine rings is 3. The van der Waals surface area contributed by atoms with Gasteiger partial charge in [-0.15, -0.1) is 0 Å². The smallest absolute Gasteiger partial charge is 0.190 e. The molecule has 3 aromatic heterocycles. The summed E-state index contributed by atoms with van der Waals surface area (Å²) in [5.74, 6) is 0. The Balaban J connectivity index is 1.09. The van der Waals surface area contributed by atoms with Gasteiger partial charge in [0.1, 0.15) is 0 Å². The molecule has 0 aliphatic carbocycles. The first kappa shape index (κ1) is 33.5. The molecular weight excluding hydrogens is 647 g/mol. The molecule has 8 aromatic rings. The number of benzene rings is 5. The molecule has 5 aromatic carbocycles. The standard InChI is InChI=1S/C49H39N3O/c53-49-31-48(41-16-8-3-9-17-41)52-34-45(49)44-19-11-10-18-43(44)42-29-37(22-20-35-24-26-46(50-32-35)39-12-4-1-5-13-39)28-38(30-42)23-21-36-25-27-47(51-33-36)40-14-6-2-7-15-40/h1-19,24-34H,20-23H2,(H,52,53). The maximum absolute atomic E-state index is 13.6. The summed E-state index contributed by atoms with van der Waals surface area (Å²) >= 11 is 0. The number of nitrogens with one attached hydrogen (secondary N) is 1. The van der Waals surface area contributed by atoms with Crippen LogP contribution < -0.4 is 5.43 Å². The summed E-state index contributed by atoms with van der Waals surface area (Å²) in [5.41, 5.74) is 14.6. The molecule has 256 valence electrons. The molecule has 0 unspecified atom stereocenters. The second-order valence-electron chi connectivity index (χ2n) is 13.4. The minimum Gasteiger partial charge on any atom is -0.360 e. The van der Waals surface area contributed by atoms with Gasteiger partial charge in [0.25, 0.3) is 0 Å². The molecule has 0 saturated carbocycles. The Labute approximate surface area is 310 Å². The SMILES string of the molecule is O=c1cc(-c2ccccc2)[nH]cc1-c1ccccc1-c1cc(CCc2ccc(-c3ccccc3)nc2)cc(CCc2ccc(-c3ccccc3)nc2)c1. The summed E-state index contributed by atoms with van der Waals surface area (Å²) in [6.45, 7) is 0. The van der Waals surface area contributed by atoms with E-state index in [1.54, 1.807) is 6.07 Å². The van der Waals surface area contributed by atoms with Crippen molar-refractivity contribution in [3.05, 3.63) is 215 Å². The molecule has 0 saturated heterocycles. The Morgan fingerprint density at radius 1 is 0.396 bits per heavy atom. The molecule has 0 spiro atoms. The van der Waals surface area contributed by atoms with E-state index in [1.807, 2.05) is 97.5 Å². The van der Waals surface area contributed by atoms with Crippen molar-refractivity contribution in [3.63, 3.8) is 0 Å². The van der Waals surface area contributed by atoms with Gasteiger partial charge in [0.05, 0.1) is 11.4 Å². The fourth-order valence-electron chi connectivity index (χ4n) is 6.92. The van der Waals surface area contributed by atoms with E-state index in [2.05, 4.69) is 83.8 Å². The van der Waals surface area contributed by atoms with Crippen molar-refractivity contribution < 1.29 is 0 Å². The topological polar surface area (TPSA) is 58.6 Å². The molecule has 8 rings (SSSR count). The highest BCUT2D eigenvalue weighted by atomic mass is 16.1. The highest BCUT2D eigenvalue weighted by molar-refractivity contribution is 5.84. The summed E-state index contributed by atoms with van der Waals surface area (Å²) in [7, 11) is 0. The third-order valence-electron chi connectivity index (χ3n) is 9.77. The molecule has 3 heterocycles. The lowest BCUT2D eigenvalue weighted by Gasteiger charge is -2.15. The molecule has 0 aliphatic heterocycles. The van der Waals surface area contributed by atoms with Gasteiger partial charge in [0, 0.05) is 47.0 Å². The molecular formula is C49H39N3O. The van der Waals surface area contributed by atoms with Crippen LogP contribution in [0.1, 0.15) is 22.3 Å². The molecule has 0 bridgehead atoms. The Bertz CT molecular complexity index is 2390. The van der Waals surface area contributed by atoms with Gasteiger partial charge in [0.15, 0.2) is 5.43 Å². The van der Waals surface area contributed by atoms with Gasteiger partial charge >= 0.3 is 0 Å². The van der Waals surface area contributed by atoms with Gasteiger partial charge in [-0.05, 0) is 82.3 Å². The van der Waals surface area contributed by atoms with Gasteiger partial charge < -0.3 is 4.98 Å². The second kappa shape index (κ2) is 15.7. The average Bonchev–Trinajstić information content (AvgIpc) is 3.23. The van der Waals surface area contributed by atoms with Gasteiger partial charge in [-0.2, -0.15) is 0 Å². The number of hydrogen-bond acceptors (Lipinski definition) is 3. The quantitative estimate of drug-likeness (QED) is 0.147. The monoisotopic (exact) mass is 685 g/mol. The summed E-state index contributed by atoms with van der Waals surface area (Å²) in [4.78, 5) is 26.6. The lowest BCUT2D eigenvalue weighted by molar-refractivity contribution is 0.923. The predicted molar refractivity (Wildman–Crippen MR) is 218 cm³/mol. The third-order valence-corrected chi connectivity index (χ3v) is 9.77. The number of rotatable bonds is 11. The lowest BCUT2D eigenvalue weighted by Crippen LogP contribution is -2.06. The molecule has 4 nitrogen and oxygen atoms in total. The van der Waals surface area contributed by atoms with E-state index < -0.39 is 0 Å². The van der Waals surface area contributed by atoms with Crippen molar-refractivity contribution in [1.82, 2.24) is 15.0 Å². The zero-order valence-electron chi connectivity index (χ0n) is 29.5. The lowest BCUT2D eigenvalue weighted by atomic mass is 9.90. The first-order valence-electron chi connectivity index (χ1n) is 18.2. The zero-order chi connectivity index (χ0) is 35.8. The van der Waals surface area contributed by atoms with Crippen LogP contribution in [0.15, 0.2) is 187 Å². The van der Waals surface area contributed by atoms with Crippen LogP contribution in [0.3, 0.4) is 0 Å². The summed E-state index contributed by atoms with van der Waals surface area (Å²) < 4.78 is 0. The Kier molecular flexibility index (Phi) is 9.93. The Hall–Kier alpha value is -6.65. The largest absolute Gasteiger partial charge is 0.360 e. The maximum atomic E-state index is 13.6. The van der Waals surface area contributed by atoms with Crippen LogP contribution in [0.2, 0.25) is 0 Å². The Morgan fingerprint density at radius 3 is 1.36 bits per heavy atom. The van der Waals surface area contributed by atoms with Crippen LogP contribution in [0.4, 0.5) is 0 Å². The van der Waals surface area contributed by atoms with E-state index >= 15 is 0 Å². The van der Waals surface area contributed by atoms with E-state index in [1.165, 1.54) is 22.3 Å². The molecule has 0 aliphatic rings. The van der Waals surface area contributed by atoms with Gasteiger partial charge in [-0.1, -0.05) is 146 Å². The summed E-state index contributed by atoms with van der Waals surface area (Å²) in [6.07, 6.45) is 9.34. The van der Waals surface area contributed by atoms with Crippen LogP contribution >= 0.6 is 0 Å². The van der Waals surface area contributed by atoms with Crippen molar-refractivity contribution in [3.8, 4) is 56.0 Å². The predicted octanol–water partition coefficient (Wildman–Crippen LogP) is 11.1. The highest BCUT2D eigenvalue weighted by Gasteiger charge is 2.14. The fourth-order valence-corrected chi connectivity index (χ4v) is 6.92. The van der Waals surface area contributed by atoms with Crippen LogP contribution in [-0.4, -0.2) is 15.0 Å². The van der Waals surface area contributed by atoms with Crippen LogP contribution in [0.25, 0.3) is 56.0 Å².